The minimum atomic E-state index is -1.07. The fraction of sp³-hybridized carbons (Fsp3) is 0.467. The SMILES string of the molecule is CC1CCCC1CNC(=O)Nc1cc(Br)ccc1C(=O)O. The van der Waals surface area contributed by atoms with Crippen LogP contribution < -0.4 is 10.6 Å². The van der Waals surface area contributed by atoms with Crippen LogP contribution in [0.3, 0.4) is 0 Å². The molecule has 6 heteroatoms. The van der Waals surface area contributed by atoms with Crippen LogP contribution in [0.15, 0.2) is 22.7 Å². The number of rotatable bonds is 4. The number of nitrogens with one attached hydrogen (secondary N) is 2. The van der Waals surface area contributed by atoms with Crippen LogP contribution in [0.4, 0.5) is 10.5 Å². The molecule has 3 N–H and O–H groups in total. The number of carboxylic acid groups (broad SMARTS) is 1. The Hall–Kier alpha value is -1.56. The van der Waals surface area contributed by atoms with Gasteiger partial charge in [-0.2, -0.15) is 0 Å². The lowest BCUT2D eigenvalue weighted by molar-refractivity contribution is 0.0698. The zero-order valence-electron chi connectivity index (χ0n) is 11.9. The normalized spacial score (nSPS) is 21.0. The van der Waals surface area contributed by atoms with E-state index in [-0.39, 0.29) is 17.3 Å². The molecule has 0 spiro atoms. The maximum atomic E-state index is 11.9. The number of hydrogen-bond acceptors (Lipinski definition) is 2. The third-order valence-corrected chi connectivity index (χ3v) is 4.52. The van der Waals surface area contributed by atoms with E-state index in [0.29, 0.717) is 22.9 Å². The third kappa shape index (κ3) is 4.20. The van der Waals surface area contributed by atoms with Crippen LogP contribution in [-0.4, -0.2) is 23.7 Å². The summed E-state index contributed by atoms with van der Waals surface area (Å²) in [5.41, 5.74) is 0.358. The Morgan fingerprint density at radius 3 is 2.76 bits per heavy atom. The summed E-state index contributed by atoms with van der Waals surface area (Å²) in [5, 5.41) is 14.6. The maximum absolute atomic E-state index is 11.9. The van der Waals surface area contributed by atoms with Gasteiger partial charge in [0.1, 0.15) is 0 Å². The van der Waals surface area contributed by atoms with Gasteiger partial charge in [0, 0.05) is 11.0 Å². The molecule has 1 aromatic carbocycles. The van der Waals surface area contributed by atoms with Gasteiger partial charge in [-0.05, 0) is 36.5 Å². The molecule has 0 bridgehead atoms. The predicted octanol–water partition coefficient (Wildman–Crippen LogP) is 3.71. The zero-order chi connectivity index (χ0) is 15.4. The largest absolute Gasteiger partial charge is 0.478 e. The molecule has 2 amide bonds. The van der Waals surface area contributed by atoms with Crippen LogP contribution >= 0.6 is 15.9 Å². The number of carbonyl (C=O) groups excluding carboxylic acids is 1. The van der Waals surface area contributed by atoms with E-state index in [4.69, 9.17) is 5.11 Å². The summed E-state index contributed by atoms with van der Waals surface area (Å²) >= 11 is 3.27. The molecule has 0 radical (unpaired) electrons. The van der Waals surface area contributed by atoms with Crippen LogP contribution in [0.2, 0.25) is 0 Å². The molecular formula is C15H19BrN2O3. The van der Waals surface area contributed by atoms with Crippen molar-refractivity contribution in [3.63, 3.8) is 0 Å². The summed E-state index contributed by atoms with van der Waals surface area (Å²) in [6, 6.07) is 4.31. The van der Waals surface area contributed by atoms with Gasteiger partial charge < -0.3 is 15.7 Å². The Kier molecular flexibility index (Phi) is 5.22. The molecule has 1 fully saturated rings. The second-order valence-corrected chi connectivity index (χ2v) is 6.41. The molecule has 0 aliphatic heterocycles. The van der Waals surface area contributed by atoms with Gasteiger partial charge in [0.2, 0.25) is 0 Å². The highest BCUT2D eigenvalue weighted by Crippen LogP contribution is 2.30. The van der Waals surface area contributed by atoms with E-state index in [1.54, 1.807) is 12.1 Å². The number of benzene rings is 1. The minimum absolute atomic E-state index is 0.0718. The van der Waals surface area contributed by atoms with E-state index in [1.807, 2.05) is 0 Å². The summed E-state index contributed by atoms with van der Waals surface area (Å²) in [5.74, 6) is 0.0742. The highest BCUT2D eigenvalue weighted by molar-refractivity contribution is 9.10. The fourth-order valence-electron chi connectivity index (χ4n) is 2.72. The molecule has 1 aliphatic rings. The number of carboxylic acids is 1. The average molecular weight is 355 g/mol. The summed E-state index contributed by atoms with van der Waals surface area (Å²) in [6.07, 6.45) is 3.56. The van der Waals surface area contributed by atoms with Crippen molar-refractivity contribution in [2.45, 2.75) is 26.2 Å². The summed E-state index contributed by atoms with van der Waals surface area (Å²) in [4.78, 5) is 23.1. The molecular weight excluding hydrogens is 336 g/mol. The molecule has 21 heavy (non-hydrogen) atoms. The molecule has 2 rings (SSSR count). The lowest BCUT2D eigenvalue weighted by Gasteiger charge is -2.16. The molecule has 0 saturated heterocycles. The molecule has 2 unspecified atom stereocenters. The first-order valence-corrected chi connectivity index (χ1v) is 7.84. The standard InChI is InChI=1S/C15H19BrN2O3/c1-9-3-2-4-10(9)8-17-15(21)18-13-7-11(16)5-6-12(13)14(19)20/h5-7,9-10H,2-4,8H2,1H3,(H,19,20)(H2,17,18,21). The van der Waals surface area contributed by atoms with E-state index < -0.39 is 5.97 Å². The van der Waals surface area contributed by atoms with Gasteiger partial charge in [0.05, 0.1) is 11.3 Å². The van der Waals surface area contributed by atoms with Gasteiger partial charge in [-0.1, -0.05) is 35.7 Å². The van der Waals surface area contributed by atoms with Crippen molar-refractivity contribution in [1.29, 1.82) is 0 Å². The summed E-state index contributed by atoms with van der Waals surface area (Å²) in [6.45, 7) is 2.83. The number of hydrogen-bond donors (Lipinski definition) is 3. The van der Waals surface area contributed by atoms with Gasteiger partial charge in [-0.15, -0.1) is 0 Å². The predicted molar refractivity (Wildman–Crippen MR) is 84.6 cm³/mol. The molecule has 2 atom stereocenters. The molecule has 1 aliphatic carbocycles. The number of carbonyl (C=O) groups is 2. The minimum Gasteiger partial charge on any atom is -0.478 e. The van der Waals surface area contributed by atoms with E-state index in [9.17, 15) is 9.59 Å². The number of urea groups is 1. The number of anilines is 1. The second kappa shape index (κ2) is 6.93. The van der Waals surface area contributed by atoms with Crippen molar-refractivity contribution in [2.24, 2.45) is 11.8 Å². The molecule has 0 heterocycles. The monoisotopic (exact) mass is 354 g/mol. The van der Waals surface area contributed by atoms with Crippen molar-refractivity contribution in [3.05, 3.63) is 28.2 Å². The molecule has 1 saturated carbocycles. The van der Waals surface area contributed by atoms with Crippen LogP contribution in [0.1, 0.15) is 36.5 Å². The quantitative estimate of drug-likeness (QED) is 0.771. The maximum Gasteiger partial charge on any atom is 0.337 e. The summed E-state index contributed by atoms with van der Waals surface area (Å²) in [7, 11) is 0. The van der Waals surface area contributed by atoms with Crippen molar-refractivity contribution >= 4 is 33.6 Å². The Morgan fingerprint density at radius 1 is 1.38 bits per heavy atom. The van der Waals surface area contributed by atoms with Gasteiger partial charge in [0.15, 0.2) is 0 Å². The van der Waals surface area contributed by atoms with Gasteiger partial charge in [-0.25, -0.2) is 9.59 Å². The Labute approximate surface area is 132 Å². The van der Waals surface area contributed by atoms with Crippen LogP contribution in [0, 0.1) is 11.8 Å². The zero-order valence-corrected chi connectivity index (χ0v) is 13.4. The fourth-order valence-corrected chi connectivity index (χ4v) is 3.08. The molecule has 114 valence electrons. The number of amides is 2. The van der Waals surface area contributed by atoms with Crippen molar-refractivity contribution in [2.75, 3.05) is 11.9 Å². The van der Waals surface area contributed by atoms with E-state index in [1.165, 1.54) is 18.9 Å². The molecule has 0 aromatic heterocycles. The Morgan fingerprint density at radius 2 is 2.14 bits per heavy atom. The molecule has 5 nitrogen and oxygen atoms in total. The first kappa shape index (κ1) is 15.8. The van der Waals surface area contributed by atoms with E-state index in [0.717, 1.165) is 6.42 Å². The smallest absolute Gasteiger partial charge is 0.337 e. The topological polar surface area (TPSA) is 78.4 Å². The van der Waals surface area contributed by atoms with Gasteiger partial charge in [-0.3, -0.25) is 0 Å². The Bertz CT molecular complexity index is 548. The van der Waals surface area contributed by atoms with Crippen LogP contribution in [0.5, 0.6) is 0 Å². The van der Waals surface area contributed by atoms with Crippen LogP contribution in [-0.2, 0) is 0 Å². The van der Waals surface area contributed by atoms with E-state index in [2.05, 4.69) is 33.5 Å². The number of halogens is 1. The van der Waals surface area contributed by atoms with Crippen molar-refractivity contribution < 1.29 is 14.7 Å². The van der Waals surface area contributed by atoms with Crippen LogP contribution in [0.25, 0.3) is 0 Å². The molecule has 1 aromatic rings. The van der Waals surface area contributed by atoms with Gasteiger partial charge in [0.25, 0.3) is 0 Å². The van der Waals surface area contributed by atoms with Crippen molar-refractivity contribution in [3.8, 4) is 0 Å². The summed E-state index contributed by atoms with van der Waals surface area (Å²) < 4.78 is 0.715. The van der Waals surface area contributed by atoms with Crippen molar-refractivity contribution in [1.82, 2.24) is 5.32 Å². The third-order valence-electron chi connectivity index (χ3n) is 4.02. The first-order chi connectivity index (χ1) is 9.97. The van der Waals surface area contributed by atoms with Gasteiger partial charge >= 0.3 is 12.0 Å². The lowest BCUT2D eigenvalue weighted by Crippen LogP contribution is -2.34. The highest BCUT2D eigenvalue weighted by atomic mass is 79.9. The number of aromatic carboxylic acids is 1. The lowest BCUT2D eigenvalue weighted by atomic mass is 9.98. The Balaban J connectivity index is 1.96. The second-order valence-electron chi connectivity index (χ2n) is 5.50. The first-order valence-electron chi connectivity index (χ1n) is 7.05. The van der Waals surface area contributed by atoms with E-state index >= 15 is 0 Å². The highest BCUT2D eigenvalue weighted by Gasteiger charge is 2.23. The average Bonchev–Trinajstić information content (AvgIpc) is 2.81.